The molecule has 0 spiro atoms. The Labute approximate surface area is 165 Å². The van der Waals surface area contributed by atoms with E-state index in [2.05, 4.69) is 10.2 Å². The molecule has 2 unspecified atom stereocenters. The van der Waals surface area contributed by atoms with E-state index in [0.29, 0.717) is 25.2 Å². The van der Waals surface area contributed by atoms with Crippen LogP contribution in [0.25, 0.3) is 0 Å². The van der Waals surface area contributed by atoms with Gasteiger partial charge in [0.25, 0.3) is 0 Å². The molecule has 1 aliphatic rings. The molecule has 0 aromatic heterocycles. The number of benzene rings is 2. The number of likely N-dealkylation sites (N-methyl/N-ethyl adjacent to an activating group) is 1. The molecule has 2 N–H and O–H groups in total. The zero-order valence-corrected chi connectivity index (χ0v) is 16.1. The zero-order valence-electron chi connectivity index (χ0n) is 16.1. The third-order valence-electron chi connectivity index (χ3n) is 5.23. The van der Waals surface area contributed by atoms with Crippen LogP contribution >= 0.6 is 0 Å². The summed E-state index contributed by atoms with van der Waals surface area (Å²) in [6.45, 7) is 2.17. The quantitative estimate of drug-likeness (QED) is 0.687. The molecular formula is C22H27N3O3. The van der Waals surface area contributed by atoms with E-state index >= 15 is 0 Å². The number of aliphatic hydroxyl groups is 1. The Hall–Kier alpha value is -2.70. The number of likely N-dealkylation sites (tertiary alicyclic amines) is 1. The van der Waals surface area contributed by atoms with Gasteiger partial charge in [0.1, 0.15) is 0 Å². The van der Waals surface area contributed by atoms with Crippen LogP contribution in [0.2, 0.25) is 0 Å². The Kier molecular flexibility index (Phi) is 6.79. The predicted octanol–water partition coefficient (Wildman–Crippen LogP) is 2.06. The van der Waals surface area contributed by atoms with Crippen molar-refractivity contribution in [2.45, 2.75) is 25.0 Å². The van der Waals surface area contributed by atoms with Crippen molar-refractivity contribution in [1.29, 1.82) is 0 Å². The summed E-state index contributed by atoms with van der Waals surface area (Å²) < 4.78 is 0. The van der Waals surface area contributed by atoms with E-state index in [-0.39, 0.29) is 24.5 Å². The molecule has 1 heterocycles. The average molecular weight is 381 g/mol. The number of β-amino-alcohol motifs (C(OH)–C–C–N with tert-alkyl or cyclic N) is 1. The van der Waals surface area contributed by atoms with Crippen LogP contribution in [0.4, 0.5) is 5.69 Å². The summed E-state index contributed by atoms with van der Waals surface area (Å²) in [5, 5.41) is 12.5. The van der Waals surface area contributed by atoms with Crippen LogP contribution in [0.15, 0.2) is 54.6 Å². The largest absolute Gasteiger partial charge is 0.392 e. The highest BCUT2D eigenvalue weighted by Gasteiger charge is 2.28. The van der Waals surface area contributed by atoms with Crippen molar-refractivity contribution in [2.75, 3.05) is 32.0 Å². The third kappa shape index (κ3) is 5.18. The molecule has 1 fully saturated rings. The van der Waals surface area contributed by atoms with Crippen molar-refractivity contribution >= 4 is 18.0 Å². The number of rotatable bonds is 8. The highest BCUT2D eigenvalue weighted by atomic mass is 16.3. The first-order valence-electron chi connectivity index (χ1n) is 9.57. The summed E-state index contributed by atoms with van der Waals surface area (Å²) in [6, 6.07) is 17.2. The van der Waals surface area contributed by atoms with E-state index < -0.39 is 0 Å². The van der Waals surface area contributed by atoms with E-state index in [4.69, 9.17) is 0 Å². The van der Waals surface area contributed by atoms with Gasteiger partial charge in [-0.25, -0.2) is 0 Å². The lowest BCUT2D eigenvalue weighted by Crippen LogP contribution is -2.39. The van der Waals surface area contributed by atoms with Gasteiger partial charge in [-0.1, -0.05) is 42.5 Å². The summed E-state index contributed by atoms with van der Waals surface area (Å²) >= 11 is 0. The number of aliphatic hydroxyl groups excluding tert-OH is 1. The van der Waals surface area contributed by atoms with Gasteiger partial charge in [-0.2, -0.15) is 0 Å². The van der Waals surface area contributed by atoms with Crippen molar-refractivity contribution in [2.24, 2.45) is 0 Å². The topological polar surface area (TPSA) is 72.9 Å². The van der Waals surface area contributed by atoms with Gasteiger partial charge in [0.15, 0.2) is 0 Å². The molecule has 1 aliphatic heterocycles. The Morgan fingerprint density at radius 3 is 2.75 bits per heavy atom. The van der Waals surface area contributed by atoms with E-state index in [9.17, 15) is 14.7 Å². The summed E-state index contributed by atoms with van der Waals surface area (Å²) in [7, 11) is 1.83. The lowest BCUT2D eigenvalue weighted by atomic mass is 10.0. The second-order valence-electron chi connectivity index (χ2n) is 7.27. The molecule has 1 saturated heterocycles. The second-order valence-corrected chi connectivity index (χ2v) is 7.27. The number of nitrogens with one attached hydrogen (secondary N) is 1. The van der Waals surface area contributed by atoms with Crippen molar-refractivity contribution in [3.05, 3.63) is 65.7 Å². The van der Waals surface area contributed by atoms with E-state index in [0.717, 1.165) is 24.1 Å². The summed E-state index contributed by atoms with van der Waals surface area (Å²) in [4.78, 5) is 27.6. The first-order valence-corrected chi connectivity index (χ1v) is 9.57. The van der Waals surface area contributed by atoms with Crippen LogP contribution in [0.5, 0.6) is 0 Å². The van der Waals surface area contributed by atoms with Crippen LogP contribution in [0.1, 0.15) is 23.6 Å². The van der Waals surface area contributed by atoms with Gasteiger partial charge in [-0.3, -0.25) is 14.5 Å². The minimum atomic E-state index is -0.287. The van der Waals surface area contributed by atoms with Crippen molar-refractivity contribution < 1.29 is 14.7 Å². The Morgan fingerprint density at radius 2 is 2.07 bits per heavy atom. The van der Waals surface area contributed by atoms with E-state index in [1.54, 1.807) is 11.0 Å². The van der Waals surface area contributed by atoms with Gasteiger partial charge in [0.05, 0.1) is 18.6 Å². The average Bonchev–Trinajstić information content (AvgIpc) is 3.12. The normalized spacial score (nSPS) is 17.9. The highest BCUT2D eigenvalue weighted by molar-refractivity contribution is 5.80. The molecule has 28 heavy (non-hydrogen) atoms. The molecule has 2 aromatic carbocycles. The van der Waals surface area contributed by atoms with Crippen molar-refractivity contribution in [3.63, 3.8) is 0 Å². The third-order valence-corrected chi connectivity index (χ3v) is 5.23. The zero-order chi connectivity index (χ0) is 19.9. The molecule has 6 nitrogen and oxygen atoms in total. The molecule has 0 saturated carbocycles. The molecule has 0 aliphatic carbocycles. The molecule has 0 radical (unpaired) electrons. The first kappa shape index (κ1) is 20.0. The number of nitrogens with zero attached hydrogens (tertiary/aromatic N) is 2. The van der Waals surface area contributed by atoms with Crippen molar-refractivity contribution in [3.8, 4) is 0 Å². The fraction of sp³-hybridized carbons (Fsp3) is 0.364. The van der Waals surface area contributed by atoms with Gasteiger partial charge in [-0.05, 0) is 29.7 Å². The number of anilines is 1. The lowest BCUT2D eigenvalue weighted by Gasteiger charge is -2.32. The molecule has 148 valence electrons. The highest BCUT2D eigenvalue weighted by Crippen LogP contribution is 2.24. The van der Waals surface area contributed by atoms with Crippen molar-refractivity contribution in [1.82, 2.24) is 9.80 Å². The number of carbonyl (C=O) groups is 2. The summed E-state index contributed by atoms with van der Waals surface area (Å²) in [5.41, 5.74) is 2.61. The Morgan fingerprint density at radius 1 is 1.29 bits per heavy atom. The molecule has 3 rings (SSSR count). The van der Waals surface area contributed by atoms with Crippen LogP contribution in [-0.2, 0) is 16.0 Å². The molecular weight excluding hydrogens is 354 g/mol. The summed E-state index contributed by atoms with van der Waals surface area (Å²) in [6.07, 6.45) is 1.38. The van der Waals surface area contributed by atoms with Gasteiger partial charge in [0.2, 0.25) is 12.3 Å². The van der Waals surface area contributed by atoms with Crippen LogP contribution in [0, 0.1) is 0 Å². The molecule has 0 bridgehead atoms. The Balaban J connectivity index is 1.74. The predicted molar refractivity (Wildman–Crippen MR) is 109 cm³/mol. The first-order chi connectivity index (χ1) is 13.6. The maximum atomic E-state index is 13.0. The van der Waals surface area contributed by atoms with Crippen LogP contribution in [-0.4, -0.2) is 60.0 Å². The molecule has 2 atom stereocenters. The standard InChI is InChI=1S/C22H27N3O3/c1-24(22(28)13-17-6-5-9-19(12-17)23-16-26)21(18-7-3-2-4-8-18)15-25-11-10-20(27)14-25/h2-9,12,16,20-21,27H,10-11,13-15H2,1H3,(H,23,26). The minimum Gasteiger partial charge on any atom is -0.392 e. The van der Waals surface area contributed by atoms with Gasteiger partial charge in [-0.15, -0.1) is 0 Å². The minimum absolute atomic E-state index is 0.0110. The fourth-order valence-electron chi connectivity index (χ4n) is 3.66. The van der Waals surface area contributed by atoms with Gasteiger partial charge >= 0.3 is 0 Å². The van der Waals surface area contributed by atoms with Gasteiger partial charge < -0.3 is 15.3 Å². The smallest absolute Gasteiger partial charge is 0.227 e. The number of amides is 2. The van der Waals surface area contributed by atoms with Gasteiger partial charge in [0, 0.05) is 32.4 Å². The van der Waals surface area contributed by atoms with Crippen LogP contribution < -0.4 is 5.32 Å². The monoisotopic (exact) mass is 381 g/mol. The fourth-order valence-corrected chi connectivity index (χ4v) is 3.66. The maximum absolute atomic E-state index is 13.0. The van der Waals surface area contributed by atoms with E-state index in [1.165, 1.54) is 0 Å². The lowest BCUT2D eigenvalue weighted by molar-refractivity contribution is -0.131. The Bertz CT molecular complexity index is 797. The van der Waals surface area contributed by atoms with E-state index in [1.807, 2.05) is 55.6 Å². The summed E-state index contributed by atoms with van der Waals surface area (Å²) in [5.74, 6) is 0.0110. The molecule has 2 amide bonds. The number of hydrogen-bond acceptors (Lipinski definition) is 4. The van der Waals surface area contributed by atoms with Crippen LogP contribution in [0.3, 0.4) is 0 Å². The second kappa shape index (κ2) is 9.48. The molecule has 6 heteroatoms. The number of hydrogen-bond donors (Lipinski definition) is 2. The number of carbonyl (C=O) groups excluding carboxylic acids is 2. The molecule has 2 aromatic rings. The maximum Gasteiger partial charge on any atom is 0.227 e. The SMILES string of the molecule is CN(C(=O)Cc1cccc(NC=O)c1)C(CN1CCC(O)C1)c1ccccc1.